The lowest BCUT2D eigenvalue weighted by atomic mass is 9.83. The molecule has 3 aliphatic rings. The van der Waals surface area contributed by atoms with E-state index in [-0.39, 0.29) is 10.6 Å². The van der Waals surface area contributed by atoms with Crippen LogP contribution in [0.2, 0.25) is 5.02 Å². The molecule has 4 rings (SSSR count). The van der Waals surface area contributed by atoms with Crippen LogP contribution in [-0.2, 0) is 4.79 Å². The number of hydrogen-bond donors (Lipinski definition) is 1. The lowest BCUT2D eigenvalue weighted by molar-refractivity contribution is -0.140. The summed E-state index contributed by atoms with van der Waals surface area (Å²) in [7, 11) is 0. The first-order chi connectivity index (χ1) is 10.6. The number of nitrogens with one attached hydrogen (secondary N) is 1. The SMILES string of the molecule is O=C1CCC2CN(c3cn[nH]c(=O)c3Cl)CCC2N1C1CC1. The van der Waals surface area contributed by atoms with E-state index in [4.69, 9.17) is 11.6 Å². The molecule has 22 heavy (non-hydrogen) atoms. The van der Waals surface area contributed by atoms with Crippen LogP contribution < -0.4 is 10.5 Å². The first-order valence-electron chi connectivity index (χ1n) is 7.94. The van der Waals surface area contributed by atoms with Crippen LogP contribution in [0, 0.1) is 5.92 Å². The third-order valence-electron chi connectivity index (χ3n) is 5.13. The van der Waals surface area contributed by atoms with E-state index < -0.39 is 0 Å². The molecule has 0 aromatic carbocycles. The van der Waals surface area contributed by atoms with Gasteiger partial charge in [-0.3, -0.25) is 9.59 Å². The van der Waals surface area contributed by atoms with Gasteiger partial charge in [0.2, 0.25) is 5.91 Å². The first-order valence-corrected chi connectivity index (χ1v) is 8.32. The van der Waals surface area contributed by atoms with Gasteiger partial charge < -0.3 is 9.80 Å². The van der Waals surface area contributed by atoms with Crippen LogP contribution in [0.5, 0.6) is 0 Å². The van der Waals surface area contributed by atoms with Crippen molar-refractivity contribution in [2.75, 3.05) is 18.0 Å². The quantitative estimate of drug-likeness (QED) is 0.893. The Morgan fingerprint density at radius 3 is 2.82 bits per heavy atom. The number of fused-ring (bicyclic) bond motifs is 1. The predicted molar refractivity (Wildman–Crippen MR) is 83.1 cm³/mol. The van der Waals surface area contributed by atoms with Gasteiger partial charge in [-0.1, -0.05) is 11.6 Å². The zero-order valence-electron chi connectivity index (χ0n) is 12.3. The molecule has 1 aromatic heterocycles. The number of amides is 1. The molecule has 1 N–H and O–H groups in total. The number of nitrogens with zero attached hydrogens (tertiary/aromatic N) is 3. The maximum Gasteiger partial charge on any atom is 0.285 e. The number of aromatic amines is 1. The zero-order chi connectivity index (χ0) is 15.3. The van der Waals surface area contributed by atoms with Crippen LogP contribution >= 0.6 is 11.6 Å². The minimum absolute atomic E-state index is 0.208. The van der Waals surface area contributed by atoms with Gasteiger partial charge in [0.05, 0.1) is 11.9 Å². The van der Waals surface area contributed by atoms with Crippen molar-refractivity contribution >= 4 is 23.2 Å². The fourth-order valence-corrected chi connectivity index (χ4v) is 4.14. The number of H-pyrrole nitrogens is 1. The fraction of sp³-hybridized carbons (Fsp3) is 0.667. The molecule has 2 atom stereocenters. The Morgan fingerprint density at radius 2 is 2.05 bits per heavy atom. The maximum absolute atomic E-state index is 12.2. The molecule has 0 radical (unpaired) electrons. The second-order valence-electron chi connectivity index (χ2n) is 6.53. The zero-order valence-corrected chi connectivity index (χ0v) is 13.1. The molecule has 1 amide bonds. The molecule has 2 saturated heterocycles. The Bertz CT molecular complexity index is 657. The van der Waals surface area contributed by atoms with E-state index in [1.807, 2.05) is 0 Å². The highest BCUT2D eigenvalue weighted by Crippen LogP contribution is 2.40. The molecule has 0 bridgehead atoms. The van der Waals surface area contributed by atoms with Crippen molar-refractivity contribution < 1.29 is 4.79 Å². The molecule has 1 saturated carbocycles. The summed E-state index contributed by atoms with van der Waals surface area (Å²) in [6, 6.07) is 0.843. The van der Waals surface area contributed by atoms with E-state index in [9.17, 15) is 9.59 Å². The number of carbonyl (C=O) groups excluding carboxylic acids is 1. The standard InChI is InChI=1S/C15H19ClN4O2/c16-14-12(7-17-18-15(14)22)19-6-5-11-9(8-19)1-4-13(21)20(11)10-2-3-10/h7,9-11H,1-6,8H2,(H,18,22). The summed E-state index contributed by atoms with van der Waals surface area (Å²) in [5.74, 6) is 0.787. The van der Waals surface area contributed by atoms with E-state index in [0.29, 0.717) is 36.0 Å². The minimum atomic E-state index is -0.347. The van der Waals surface area contributed by atoms with E-state index in [1.54, 1.807) is 6.20 Å². The van der Waals surface area contributed by atoms with Crippen molar-refractivity contribution in [3.63, 3.8) is 0 Å². The molecule has 7 heteroatoms. The molecule has 3 fully saturated rings. The van der Waals surface area contributed by atoms with Crippen molar-refractivity contribution in [3.8, 4) is 0 Å². The summed E-state index contributed by atoms with van der Waals surface area (Å²) in [6.07, 6.45) is 6.45. The Balaban J connectivity index is 1.56. The smallest absolute Gasteiger partial charge is 0.285 e. The number of carbonyl (C=O) groups is 1. The van der Waals surface area contributed by atoms with E-state index >= 15 is 0 Å². The second kappa shape index (κ2) is 5.26. The summed E-state index contributed by atoms with van der Waals surface area (Å²) in [6.45, 7) is 1.65. The largest absolute Gasteiger partial charge is 0.368 e. The Morgan fingerprint density at radius 1 is 1.23 bits per heavy atom. The van der Waals surface area contributed by atoms with Crippen molar-refractivity contribution in [1.82, 2.24) is 15.1 Å². The Kier molecular flexibility index (Phi) is 3.36. The van der Waals surface area contributed by atoms with Crippen LogP contribution in [0.25, 0.3) is 0 Å². The Labute approximate surface area is 133 Å². The molecule has 0 spiro atoms. The molecule has 2 unspecified atom stereocenters. The molecule has 118 valence electrons. The van der Waals surface area contributed by atoms with Crippen LogP contribution in [0.4, 0.5) is 5.69 Å². The third-order valence-corrected chi connectivity index (χ3v) is 5.49. The number of hydrogen-bond acceptors (Lipinski definition) is 4. The third kappa shape index (κ3) is 2.29. The van der Waals surface area contributed by atoms with E-state index in [1.165, 1.54) is 0 Å². The van der Waals surface area contributed by atoms with Crippen LogP contribution in [-0.4, -0.2) is 46.2 Å². The first kappa shape index (κ1) is 14.1. The second-order valence-corrected chi connectivity index (χ2v) is 6.91. The maximum atomic E-state index is 12.2. The summed E-state index contributed by atoms with van der Waals surface area (Å²) in [5, 5.41) is 6.42. The van der Waals surface area contributed by atoms with E-state index in [2.05, 4.69) is 20.0 Å². The fourth-order valence-electron chi connectivity index (χ4n) is 3.93. The summed E-state index contributed by atoms with van der Waals surface area (Å²) < 4.78 is 0. The lowest BCUT2D eigenvalue weighted by Gasteiger charge is -2.48. The average molecular weight is 323 g/mol. The van der Waals surface area contributed by atoms with Crippen molar-refractivity contribution in [1.29, 1.82) is 0 Å². The molecule has 1 aliphatic carbocycles. The van der Waals surface area contributed by atoms with Gasteiger partial charge in [0.25, 0.3) is 5.56 Å². The van der Waals surface area contributed by atoms with Gasteiger partial charge in [0.15, 0.2) is 0 Å². The number of halogens is 1. The number of aromatic nitrogens is 2. The van der Waals surface area contributed by atoms with Gasteiger partial charge in [-0.25, -0.2) is 5.10 Å². The molecule has 1 aromatic rings. The predicted octanol–water partition coefficient (Wildman–Crippen LogP) is 1.40. The van der Waals surface area contributed by atoms with Gasteiger partial charge in [0, 0.05) is 31.6 Å². The molecule has 2 aliphatic heterocycles. The van der Waals surface area contributed by atoms with Crippen molar-refractivity contribution in [3.05, 3.63) is 21.6 Å². The molecular formula is C15H19ClN4O2. The van der Waals surface area contributed by atoms with Crippen molar-refractivity contribution in [2.24, 2.45) is 5.92 Å². The van der Waals surface area contributed by atoms with Crippen LogP contribution in [0.1, 0.15) is 32.1 Å². The van der Waals surface area contributed by atoms with Crippen molar-refractivity contribution in [2.45, 2.75) is 44.2 Å². The number of likely N-dealkylation sites (tertiary alicyclic amines) is 1. The normalized spacial score (nSPS) is 28.7. The average Bonchev–Trinajstić information content (AvgIpc) is 3.34. The topological polar surface area (TPSA) is 69.3 Å². The number of rotatable bonds is 2. The van der Waals surface area contributed by atoms with Crippen LogP contribution in [0.15, 0.2) is 11.0 Å². The summed E-state index contributed by atoms with van der Waals surface area (Å²) >= 11 is 6.12. The van der Waals surface area contributed by atoms with Gasteiger partial charge in [-0.2, -0.15) is 5.10 Å². The van der Waals surface area contributed by atoms with Gasteiger partial charge >= 0.3 is 0 Å². The minimum Gasteiger partial charge on any atom is -0.368 e. The summed E-state index contributed by atoms with van der Waals surface area (Å²) in [4.78, 5) is 28.1. The van der Waals surface area contributed by atoms with Gasteiger partial charge in [-0.15, -0.1) is 0 Å². The lowest BCUT2D eigenvalue weighted by Crippen LogP contribution is -2.56. The number of anilines is 1. The summed E-state index contributed by atoms with van der Waals surface area (Å²) in [5.41, 5.74) is 0.360. The Hall–Kier alpha value is -1.56. The highest BCUT2D eigenvalue weighted by atomic mass is 35.5. The molecular weight excluding hydrogens is 304 g/mol. The monoisotopic (exact) mass is 322 g/mol. The highest BCUT2D eigenvalue weighted by molar-refractivity contribution is 6.33. The molecule has 3 heterocycles. The van der Waals surface area contributed by atoms with Gasteiger partial charge in [-0.05, 0) is 31.6 Å². The van der Waals surface area contributed by atoms with Gasteiger partial charge in [0.1, 0.15) is 5.02 Å². The molecule has 6 nitrogen and oxygen atoms in total. The van der Waals surface area contributed by atoms with Crippen LogP contribution in [0.3, 0.4) is 0 Å². The number of piperidine rings is 2. The van der Waals surface area contributed by atoms with E-state index in [0.717, 1.165) is 38.8 Å². The highest BCUT2D eigenvalue weighted by Gasteiger charge is 2.45.